The van der Waals surface area contributed by atoms with Crippen molar-refractivity contribution < 1.29 is 4.74 Å². The predicted octanol–water partition coefficient (Wildman–Crippen LogP) is 3.82. The van der Waals surface area contributed by atoms with E-state index in [0.29, 0.717) is 6.61 Å². The molecule has 0 saturated heterocycles. The number of H-pyrrole nitrogens is 1. The number of aromatic nitrogens is 4. The molecule has 2 aromatic carbocycles. The van der Waals surface area contributed by atoms with Crippen LogP contribution in [0.2, 0.25) is 0 Å². The van der Waals surface area contributed by atoms with Gasteiger partial charge in [0.15, 0.2) is 0 Å². The zero-order valence-corrected chi connectivity index (χ0v) is 17.1. The third kappa shape index (κ3) is 4.23. The first-order valence-electron chi connectivity index (χ1n) is 9.12. The Hall–Kier alpha value is -2.97. The summed E-state index contributed by atoms with van der Waals surface area (Å²) in [5.41, 5.74) is 3.97. The van der Waals surface area contributed by atoms with E-state index in [9.17, 15) is 0 Å². The van der Waals surface area contributed by atoms with E-state index in [0.717, 1.165) is 63.1 Å². The van der Waals surface area contributed by atoms with Gasteiger partial charge in [-0.3, -0.25) is 4.99 Å². The van der Waals surface area contributed by atoms with Gasteiger partial charge in [0.1, 0.15) is 28.9 Å². The summed E-state index contributed by atoms with van der Waals surface area (Å²) in [4.78, 5) is 9.36. The fourth-order valence-corrected chi connectivity index (χ4v) is 4.08. The number of rotatable bonds is 5. The molecule has 0 spiro atoms. The SMILES string of the molecule is Cl.c1cc(-c2nc3ccc(C4=NCCCN4)cc3s2)ccc1OCc1cn[nH]n1. The van der Waals surface area contributed by atoms with Crippen molar-refractivity contribution in [3.8, 4) is 16.3 Å². The van der Waals surface area contributed by atoms with E-state index < -0.39 is 0 Å². The molecule has 0 saturated carbocycles. The van der Waals surface area contributed by atoms with E-state index in [1.807, 2.05) is 24.3 Å². The smallest absolute Gasteiger partial charge is 0.134 e. The molecule has 7 nitrogen and oxygen atoms in total. The van der Waals surface area contributed by atoms with Crippen LogP contribution in [0.3, 0.4) is 0 Å². The van der Waals surface area contributed by atoms with Gasteiger partial charge in [-0.1, -0.05) is 0 Å². The lowest BCUT2D eigenvalue weighted by Gasteiger charge is -2.14. The van der Waals surface area contributed by atoms with Crippen LogP contribution < -0.4 is 10.1 Å². The Morgan fingerprint density at radius 3 is 2.69 bits per heavy atom. The number of fused-ring (bicyclic) bond motifs is 1. The Labute approximate surface area is 177 Å². The molecule has 148 valence electrons. The fraction of sp³-hybridized carbons (Fsp3) is 0.200. The lowest BCUT2D eigenvalue weighted by molar-refractivity contribution is 0.301. The molecule has 0 amide bonds. The highest BCUT2D eigenvalue weighted by Gasteiger charge is 2.11. The molecule has 3 heterocycles. The molecule has 2 aromatic heterocycles. The number of hydrogen-bond donors (Lipinski definition) is 2. The molecule has 4 aromatic rings. The fourth-order valence-electron chi connectivity index (χ4n) is 3.07. The van der Waals surface area contributed by atoms with Gasteiger partial charge in [-0.2, -0.15) is 15.4 Å². The van der Waals surface area contributed by atoms with Gasteiger partial charge in [-0.05, 0) is 48.9 Å². The standard InChI is InChI=1S/C20H18N6OS.ClH/c1-8-21-19(22-9-1)14-4-7-17-18(10-14)28-20(24-17)13-2-5-16(6-3-13)27-12-15-11-23-26-25-15;/h2-7,10-11H,1,8-9,12H2,(H,21,22)(H,23,25,26);1H. The van der Waals surface area contributed by atoms with Crippen molar-refractivity contribution in [2.75, 3.05) is 13.1 Å². The Bertz CT molecular complexity index is 1120. The summed E-state index contributed by atoms with van der Waals surface area (Å²) in [6, 6.07) is 14.3. The second-order valence-electron chi connectivity index (χ2n) is 6.49. The summed E-state index contributed by atoms with van der Waals surface area (Å²) < 4.78 is 6.88. The third-order valence-corrected chi connectivity index (χ3v) is 5.58. The summed E-state index contributed by atoms with van der Waals surface area (Å²) in [7, 11) is 0. The second kappa shape index (κ2) is 8.59. The number of hydrogen-bond acceptors (Lipinski definition) is 7. The molecular weight excluding hydrogens is 408 g/mol. The molecule has 1 aliphatic rings. The van der Waals surface area contributed by atoms with Crippen LogP contribution in [0.4, 0.5) is 0 Å². The first kappa shape index (κ1) is 19.4. The van der Waals surface area contributed by atoms with Crippen LogP contribution in [-0.2, 0) is 6.61 Å². The van der Waals surface area contributed by atoms with Gasteiger partial charge in [-0.25, -0.2) is 4.98 Å². The minimum atomic E-state index is 0. The van der Waals surface area contributed by atoms with Crippen LogP contribution in [-0.4, -0.2) is 39.3 Å². The Morgan fingerprint density at radius 2 is 1.93 bits per heavy atom. The number of nitrogens with zero attached hydrogens (tertiary/aromatic N) is 4. The van der Waals surface area contributed by atoms with Gasteiger partial charge < -0.3 is 10.1 Å². The van der Waals surface area contributed by atoms with Crippen LogP contribution in [0.15, 0.2) is 53.7 Å². The van der Waals surface area contributed by atoms with E-state index in [-0.39, 0.29) is 12.4 Å². The maximum Gasteiger partial charge on any atom is 0.134 e. The second-order valence-corrected chi connectivity index (χ2v) is 7.52. The quantitative estimate of drug-likeness (QED) is 0.506. The highest BCUT2D eigenvalue weighted by atomic mass is 35.5. The number of amidine groups is 1. The molecule has 0 radical (unpaired) electrons. The molecule has 5 rings (SSSR count). The number of thiazole rings is 1. The van der Waals surface area contributed by atoms with Crippen molar-refractivity contribution in [2.45, 2.75) is 13.0 Å². The topological polar surface area (TPSA) is 88.1 Å². The highest BCUT2D eigenvalue weighted by molar-refractivity contribution is 7.21. The maximum atomic E-state index is 5.72. The summed E-state index contributed by atoms with van der Waals surface area (Å²) in [5, 5.41) is 14.7. The number of nitrogens with one attached hydrogen (secondary N) is 2. The Balaban J connectivity index is 0.00000205. The van der Waals surface area contributed by atoms with Crippen LogP contribution in [0.25, 0.3) is 20.8 Å². The highest BCUT2D eigenvalue weighted by Crippen LogP contribution is 2.32. The van der Waals surface area contributed by atoms with Gasteiger partial charge in [0.25, 0.3) is 0 Å². The maximum absolute atomic E-state index is 5.72. The Kier molecular flexibility index (Phi) is 5.73. The van der Waals surface area contributed by atoms with E-state index in [4.69, 9.17) is 9.72 Å². The third-order valence-electron chi connectivity index (χ3n) is 4.51. The number of benzene rings is 2. The van der Waals surface area contributed by atoms with Gasteiger partial charge in [0.05, 0.1) is 16.4 Å². The van der Waals surface area contributed by atoms with Gasteiger partial charge in [0, 0.05) is 24.2 Å². The number of aromatic amines is 1. The summed E-state index contributed by atoms with van der Waals surface area (Å²) in [6.45, 7) is 2.26. The lowest BCUT2D eigenvalue weighted by atomic mass is 10.1. The predicted molar refractivity (Wildman–Crippen MR) is 117 cm³/mol. The molecule has 0 aliphatic carbocycles. The zero-order valence-electron chi connectivity index (χ0n) is 15.5. The Morgan fingerprint density at radius 1 is 1.07 bits per heavy atom. The van der Waals surface area contributed by atoms with Crippen molar-refractivity contribution in [1.82, 2.24) is 25.7 Å². The van der Waals surface area contributed by atoms with Crippen LogP contribution in [0.5, 0.6) is 5.75 Å². The summed E-state index contributed by atoms with van der Waals surface area (Å²) in [6.07, 6.45) is 2.74. The molecule has 9 heteroatoms. The van der Waals surface area contributed by atoms with E-state index in [1.165, 1.54) is 0 Å². The zero-order chi connectivity index (χ0) is 18.8. The van der Waals surface area contributed by atoms with Crippen molar-refractivity contribution in [3.05, 3.63) is 59.9 Å². The molecule has 0 unspecified atom stereocenters. The van der Waals surface area contributed by atoms with Gasteiger partial charge in [0.2, 0.25) is 0 Å². The van der Waals surface area contributed by atoms with E-state index in [1.54, 1.807) is 17.5 Å². The monoisotopic (exact) mass is 426 g/mol. The van der Waals surface area contributed by atoms with E-state index in [2.05, 4.69) is 43.9 Å². The van der Waals surface area contributed by atoms with Crippen molar-refractivity contribution >= 4 is 39.8 Å². The summed E-state index contributed by atoms with van der Waals surface area (Å²) >= 11 is 1.69. The largest absolute Gasteiger partial charge is 0.487 e. The first-order chi connectivity index (χ1) is 13.8. The normalized spacial score (nSPS) is 13.4. The molecule has 29 heavy (non-hydrogen) atoms. The van der Waals surface area contributed by atoms with Crippen molar-refractivity contribution in [2.24, 2.45) is 4.99 Å². The number of ether oxygens (including phenoxy) is 1. The minimum Gasteiger partial charge on any atom is -0.487 e. The molecule has 1 aliphatic heterocycles. The van der Waals surface area contributed by atoms with Crippen LogP contribution in [0.1, 0.15) is 17.7 Å². The van der Waals surface area contributed by atoms with Crippen molar-refractivity contribution in [1.29, 1.82) is 0 Å². The number of halogens is 1. The first-order valence-corrected chi connectivity index (χ1v) is 9.94. The van der Waals surface area contributed by atoms with Crippen LogP contribution >= 0.6 is 23.7 Å². The molecule has 0 bridgehead atoms. The average molecular weight is 427 g/mol. The molecular formula is C20H19ClN6OS. The van der Waals surface area contributed by atoms with Gasteiger partial charge in [-0.15, -0.1) is 23.7 Å². The molecule has 0 atom stereocenters. The minimum absolute atomic E-state index is 0. The van der Waals surface area contributed by atoms with Crippen molar-refractivity contribution in [3.63, 3.8) is 0 Å². The van der Waals surface area contributed by atoms with Gasteiger partial charge >= 0.3 is 0 Å². The summed E-state index contributed by atoms with van der Waals surface area (Å²) in [5.74, 6) is 1.77. The molecule has 2 N–H and O–H groups in total. The average Bonchev–Trinajstić information content (AvgIpc) is 3.42. The van der Waals surface area contributed by atoms with E-state index >= 15 is 0 Å². The number of aliphatic imine (C=N–C) groups is 1. The molecule has 0 fully saturated rings. The lowest BCUT2D eigenvalue weighted by Crippen LogP contribution is -2.30. The van der Waals surface area contributed by atoms with Crippen LogP contribution in [0, 0.1) is 0 Å².